The third-order valence-corrected chi connectivity index (χ3v) is 6.83. The topological polar surface area (TPSA) is 111 Å². The predicted octanol–water partition coefficient (Wildman–Crippen LogP) is -0.263. The van der Waals surface area contributed by atoms with Crippen LogP contribution in [0.3, 0.4) is 0 Å². The second-order valence-electron chi connectivity index (χ2n) is 6.91. The number of carbonyl (C=O) groups is 1. The van der Waals surface area contributed by atoms with Crippen LogP contribution in [-0.2, 0) is 19.3 Å². The van der Waals surface area contributed by atoms with Crippen molar-refractivity contribution in [1.82, 2.24) is 15.3 Å². The summed E-state index contributed by atoms with van der Waals surface area (Å²) in [4.78, 5) is 23.0. The minimum absolute atomic E-state index is 0.00904. The summed E-state index contributed by atoms with van der Waals surface area (Å²) in [6, 6.07) is 1.19. The summed E-state index contributed by atoms with van der Waals surface area (Å²) in [5, 5.41) is 2.75. The number of piperidine rings is 1. The molecule has 1 unspecified atom stereocenters. The molecule has 0 aliphatic carbocycles. The molecule has 26 heavy (non-hydrogen) atoms. The number of ether oxygens (including phenoxy) is 2. The Balaban J connectivity index is 1.39. The van der Waals surface area contributed by atoms with Gasteiger partial charge in [0.1, 0.15) is 5.69 Å². The third kappa shape index (κ3) is 3.67. The van der Waals surface area contributed by atoms with Crippen LogP contribution in [0.5, 0.6) is 0 Å². The van der Waals surface area contributed by atoms with Crippen LogP contribution >= 0.6 is 0 Å². The first kappa shape index (κ1) is 17.6. The van der Waals surface area contributed by atoms with Crippen molar-refractivity contribution in [2.45, 2.75) is 31.1 Å². The van der Waals surface area contributed by atoms with Gasteiger partial charge in [0.15, 0.2) is 15.6 Å². The lowest BCUT2D eigenvalue weighted by Gasteiger charge is -2.37. The van der Waals surface area contributed by atoms with Crippen LogP contribution in [0.25, 0.3) is 0 Å². The Bertz CT molecular complexity index is 784. The van der Waals surface area contributed by atoms with Crippen molar-refractivity contribution >= 4 is 21.7 Å². The fourth-order valence-electron chi connectivity index (χ4n) is 3.63. The standard InChI is InChI=1S/C16H22N4O5S/c21-14(18-12-2-10-26(22,23)11-12)13-1-5-17-15(19-13)20-6-3-16(4-7-20)24-8-9-25-16/h1,5,12H,2-4,6-11H2,(H,18,21). The smallest absolute Gasteiger partial charge is 0.270 e. The normalized spacial score (nSPS) is 26.9. The zero-order valence-corrected chi connectivity index (χ0v) is 15.2. The second-order valence-corrected chi connectivity index (χ2v) is 9.14. The Hall–Kier alpha value is -1.78. The molecule has 3 saturated heterocycles. The highest BCUT2D eigenvalue weighted by Crippen LogP contribution is 2.32. The van der Waals surface area contributed by atoms with Gasteiger partial charge < -0.3 is 19.7 Å². The summed E-state index contributed by atoms with van der Waals surface area (Å²) in [6.07, 6.45) is 3.45. The molecule has 1 aromatic rings. The van der Waals surface area contributed by atoms with Gasteiger partial charge in [-0.3, -0.25) is 4.79 Å². The number of carbonyl (C=O) groups excluding carboxylic acids is 1. The molecule has 0 radical (unpaired) electrons. The third-order valence-electron chi connectivity index (χ3n) is 5.06. The van der Waals surface area contributed by atoms with Gasteiger partial charge >= 0.3 is 0 Å². The van der Waals surface area contributed by atoms with Crippen LogP contribution < -0.4 is 10.2 Å². The van der Waals surface area contributed by atoms with Crippen molar-refractivity contribution in [2.24, 2.45) is 0 Å². The Morgan fingerprint density at radius 1 is 1.27 bits per heavy atom. The van der Waals surface area contributed by atoms with E-state index >= 15 is 0 Å². The molecule has 10 heteroatoms. The van der Waals surface area contributed by atoms with Crippen LogP contribution in [0, 0.1) is 0 Å². The molecule has 1 aromatic heterocycles. The summed E-state index contributed by atoms with van der Waals surface area (Å²) in [6.45, 7) is 2.63. The number of amides is 1. The average molecular weight is 382 g/mol. The molecule has 1 spiro atoms. The SMILES string of the molecule is O=C(NC1CCS(=O)(=O)C1)c1ccnc(N2CCC3(CC2)OCCO3)n1. The molecular weight excluding hydrogens is 360 g/mol. The summed E-state index contributed by atoms with van der Waals surface area (Å²) in [5.41, 5.74) is 0.243. The first-order valence-electron chi connectivity index (χ1n) is 8.82. The number of sulfone groups is 1. The van der Waals surface area contributed by atoms with Crippen LogP contribution in [-0.4, -0.2) is 73.9 Å². The van der Waals surface area contributed by atoms with Crippen molar-refractivity contribution in [3.8, 4) is 0 Å². The van der Waals surface area contributed by atoms with Crippen LogP contribution in [0.4, 0.5) is 5.95 Å². The highest BCUT2D eigenvalue weighted by atomic mass is 32.2. The largest absolute Gasteiger partial charge is 0.347 e. The monoisotopic (exact) mass is 382 g/mol. The van der Waals surface area contributed by atoms with E-state index in [0.29, 0.717) is 38.7 Å². The zero-order chi connectivity index (χ0) is 18.2. The molecule has 1 N–H and O–H groups in total. The van der Waals surface area contributed by atoms with Crippen LogP contribution in [0.2, 0.25) is 0 Å². The number of nitrogens with one attached hydrogen (secondary N) is 1. The van der Waals surface area contributed by atoms with E-state index in [9.17, 15) is 13.2 Å². The predicted molar refractivity (Wildman–Crippen MR) is 92.6 cm³/mol. The average Bonchev–Trinajstić information content (AvgIpc) is 3.22. The Labute approximate surface area is 152 Å². The number of hydrogen-bond donors (Lipinski definition) is 1. The molecular formula is C16H22N4O5S. The maximum Gasteiger partial charge on any atom is 0.270 e. The van der Waals surface area contributed by atoms with Gasteiger partial charge in [-0.05, 0) is 12.5 Å². The van der Waals surface area contributed by atoms with Crippen molar-refractivity contribution in [2.75, 3.05) is 42.7 Å². The van der Waals surface area contributed by atoms with E-state index in [-0.39, 0.29) is 29.1 Å². The molecule has 1 amide bonds. The molecule has 0 aromatic carbocycles. The van der Waals surface area contributed by atoms with Gasteiger partial charge in [-0.15, -0.1) is 0 Å². The molecule has 0 bridgehead atoms. The fraction of sp³-hybridized carbons (Fsp3) is 0.688. The Morgan fingerprint density at radius 2 is 2.00 bits per heavy atom. The van der Waals surface area contributed by atoms with Gasteiger partial charge in [-0.1, -0.05) is 0 Å². The minimum atomic E-state index is -3.04. The molecule has 3 aliphatic heterocycles. The van der Waals surface area contributed by atoms with Gasteiger partial charge in [0, 0.05) is 38.2 Å². The number of rotatable bonds is 3. The summed E-state index contributed by atoms with van der Waals surface area (Å²) < 4.78 is 34.5. The lowest BCUT2D eigenvalue weighted by atomic mass is 10.0. The maximum atomic E-state index is 12.4. The molecule has 0 saturated carbocycles. The van der Waals surface area contributed by atoms with Gasteiger partial charge in [0.05, 0.1) is 24.7 Å². The first-order valence-corrected chi connectivity index (χ1v) is 10.6. The molecule has 4 rings (SSSR count). The van der Waals surface area contributed by atoms with Crippen molar-refractivity contribution < 1.29 is 22.7 Å². The summed E-state index contributed by atoms with van der Waals surface area (Å²) in [7, 11) is -3.04. The highest BCUT2D eigenvalue weighted by Gasteiger charge is 2.40. The van der Waals surface area contributed by atoms with Crippen LogP contribution in [0.1, 0.15) is 29.8 Å². The zero-order valence-electron chi connectivity index (χ0n) is 14.4. The number of anilines is 1. The van der Waals surface area contributed by atoms with Crippen molar-refractivity contribution in [1.29, 1.82) is 0 Å². The minimum Gasteiger partial charge on any atom is -0.347 e. The highest BCUT2D eigenvalue weighted by molar-refractivity contribution is 7.91. The fourth-order valence-corrected chi connectivity index (χ4v) is 5.30. The lowest BCUT2D eigenvalue weighted by molar-refractivity contribution is -0.169. The quantitative estimate of drug-likeness (QED) is 0.761. The molecule has 142 valence electrons. The molecule has 3 fully saturated rings. The second kappa shape index (κ2) is 6.75. The number of nitrogens with zero attached hydrogens (tertiary/aromatic N) is 3. The van der Waals surface area contributed by atoms with Crippen molar-refractivity contribution in [3.05, 3.63) is 18.0 Å². The van der Waals surface area contributed by atoms with Gasteiger partial charge in [0.25, 0.3) is 5.91 Å². The van der Waals surface area contributed by atoms with E-state index in [1.807, 2.05) is 4.90 Å². The number of aromatic nitrogens is 2. The molecule has 3 aliphatic rings. The molecule has 9 nitrogen and oxygen atoms in total. The Morgan fingerprint density at radius 3 is 2.65 bits per heavy atom. The van der Waals surface area contributed by atoms with Gasteiger partial charge in [-0.25, -0.2) is 18.4 Å². The van der Waals surface area contributed by atoms with E-state index in [0.717, 1.165) is 12.8 Å². The maximum absolute atomic E-state index is 12.4. The first-order chi connectivity index (χ1) is 12.4. The van der Waals surface area contributed by atoms with Crippen LogP contribution in [0.15, 0.2) is 12.3 Å². The molecule has 1 atom stereocenters. The van der Waals surface area contributed by atoms with E-state index in [4.69, 9.17) is 9.47 Å². The van der Waals surface area contributed by atoms with E-state index in [1.54, 1.807) is 6.20 Å². The summed E-state index contributed by atoms with van der Waals surface area (Å²) in [5.74, 6) is -0.243. The van der Waals surface area contributed by atoms with Gasteiger partial charge in [0.2, 0.25) is 5.95 Å². The van der Waals surface area contributed by atoms with Gasteiger partial charge in [-0.2, -0.15) is 0 Å². The Kier molecular flexibility index (Phi) is 4.57. The van der Waals surface area contributed by atoms with E-state index < -0.39 is 15.6 Å². The summed E-state index contributed by atoms with van der Waals surface area (Å²) >= 11 is 0. The van der Waals surface area contributed by atoms with E-state index in [1.165, 1.54) is 6.07 Å². The van der Waals surface area contributed by atoms with Crippen molar-refractivity contribution in [3.63, 3.8) is 0 Å². The van der Waals surface area contributed by atoms with E-state index in [2.05, 4.69) is 15.3 Å². The number of hydrogen-bond acceptors (Lipinski definition) is 8. The lowest BCUT2D eigenvalue weighted by Crippen LogP contribution is -2.46. The molecule has 4 heterocycles.